The second kappa shape index (κ2) is 5.70. The zero-order valence-corrected chi connectivity index (χ0v) is 13.1. The zero-order valence-electron chi connectivity index (χ0n) is 11.6. The molecule has 0 aliphatic carbocycles. The number of benzene rings is 2. The molecule has 1 atom stereocenters. The van der Waals surface area contributed by atoms with E-state index in [1.54, 1.807) is 0 Å². The molecular formula is C17H15Cl2NO. The van der Waals surface area contributed by atoms with Crippen LogP contribution in [0.25, 0.3) is 0 Å². The maximum Gasteiger partial charge on any atom is 0.251 e. The number of fused-ring (bicyclic) bond motifs is 1. The molecule has 1 amide bonds. The van der Waals surface area contributed by atoms with Crippen LogP contribution in [0.4, 0.5) is 0 Å². The van der Waals surface area contributed by atoms with Gasteiger partial charge >= 0.3 is 0 Å². The summed E-state index contributed by atoms with van der Waals surface area (Å²) in [7, 11) is 0. The largest absolute Gasteiger partial charge is 0.352 e. The number of halogens is 2. The van der Waals surface area contributed by atoms with Crippen LogP contribution in [0.2, 0.25) is 5.02 Å². The van der Waals surface area contributed by atoms with E-state index < -0.39 is 0 Å². The normalized spacial score (nSPS) is 15.3. The zero-order chi connectivity index (χ0) is 15.0. The van der Waals surface area contributed by atoms with E-state index in [9.17, 15) is 4.79 Å². The Labute approximate surface area is 134 Å². The van der Waals surface area contributed by atoms with Crippen molar-refractivity contribution in [3.8, 4) is 0 Å². The van der Waals surface area contributed by atoms with Gasteiger partial charge in [0.2, 0.25) is 0 Å². The third kappa shape index (κ3) is 2.78. The van der Waals surface area contributed by atoms with Gasteiger partial charge in [-0.2, -0.15) is 0 Å². The lowest BCUT2D eigenvalue weighted by molar-refractivity contribution is 0.0946. The number of aryl methyl sites for hydroxylation is 1. The monoisotopic (exact) mass is 319 g/mol. The van der Waals surface area contributed by atoms with E-state index in [0.29, 0.717) is 6.54 Å². The number of rotatable bonds is 2. The number of amides is 1. The molecule has 1 aliphatic heterocycles. The molecule has 3 rings (SSSR count). The lowest BCUT2D eigenvalue weighted by Crippen LogP contribution is -2.31. The highest BCUT2D eigenvalue weighted by Gasteiger charge is 2.19. The van der Waals surface area contributed by atoms with Gasteiger partial charge < -0.3 is 5.32 Å². The summed E-state index contributed by atoms with van der Waals surface area (Å²) >= 11 is 12.6. The van der Waals surface area contributed by atoms with Gasteiger partial charge in [-0.25, -0.2) is 0 Å². The second-order valence-corrected chi connectivity index (χ2v) is 6.14. The predicted molar refractivity (Wildman–Crippen MR) is 86.4 cm³/mol. The highest BCUT2D eigenvalue weighted by atomic mass is 35.5. The third-order valence-corrected chi connectivity index (χ3v) is 4.75. The number of carbonyl (C=O) groups excluding carboxylic acids is 1. The van der Waals surface area contributed by atoms with Gasteiger partial charge in [0, 0.05) is 17.1 Å². The molecule has 0 aromatic heterocycles. The van der Waals surface area contributed by atoms with Crippen LogP contribution in [0.5, 0.6) is 0 Å². The SMILES string of the molecule is Cc1cc(C(Cl)c2ccc3c(c2)C(=O)NCC3)ccc1Cl. The Kier molecular flexibility index (Phi) is 3.92. The first-order valence-electron chi connectivity index (χ1n) is 6.87. The summed E-state index contributed by atoms with van der Waals surface area (Å²) in [6.07, 6.45) is 0.869. The van der Waals surface area contributed by atoms with E-state index >= 15 is 0 Å². The molecular weight excluding hydrogens is 305 g/mol. The van der Waals surface area contributed by atoms with Gasteiger partial charge in [0.1, 0.15) is 0 Å². The van der Waals surface area contributed by atoms with Crippen LogP contribution in [0, 0.1) is 6.92 Å². The standard InChI is InChI=1S/C17H15Cl2NO/c1-10-8-12(4-5-15(10)18)16(19)13-3-2-11-6-7-20-17(21)14(11)9-13/h2-5,8-9,16H,6-7H2,1H3,(H,20,21). The lowest BCUT2D eigenvalue weighted by Gasteiger charge is -2.19. The van der Waals surface area contributed by atoms with Crippen LogP contribution in [0.3, 0.4) is 0 Å². The molecule has 21 heavy (non-hydrogen) atoms. The Balaban J connectivity index is 1.98. The Morgan fingerprint density at radius 1 is 1.14 bits per heavy atom. The molecule has 0 fully saturated rings. The summed E-state index contributed by atoms with van der Waals surface area (Å²) < 4.78 is 0. The van der Waals surface area contributed by atoms with Gasteiger partial charge in [0.05, 0.1) is 5.38 Å². The number of nitrogens with one attached hydrogen (secondary N) is 1. The van der Waals surface area contributed by atoms with E-state index in [1.807, 2.05) is 43.3 Å². The molecule has 2 aromatic carbocycles. The van der Waals surface area contributed by atoms with Gasteiger partial charge in [-0.3, -0.25) is 4.79 Å². The van der Waals surface area contributed by atoms with Crippen molar-refractivity contribution < 1.29 is 4.79 Å². The van der Waals surface area contributed by atoms with E-state index in [4.69, 9.17) is 23.2 Å². The summed E-state index contributed by atoms with van der Waals surface area (Å²) in [5.41, 5.74) is 4.72. The number of carbonyl (C=O) groups is 1. The van der Waals surface area contributed by atoms with E-state index in [0.717, 1.165) is 39.3 Å². The molecule has 1 aliphatic rings. The molecule has 4 heteroatoms. The minimum absolute atomic E-state index is 0.0192. The minimum Gasteiger partial charge on any atom is -0.352 e. The maximum atomic E-state index is 11.9. The molecule has 1 heterocycles. The van der Waals surface area contributed by atoms with Crippen molar-refractivity contribution in [2.24, 2.45) is 0 Å². The highest BCUT2D eigenvalue weighted by molar-refractivity contribution is 6.31. The molecule has 0 bridgehead atoms. The molecule has 0 radical (unpaired) electrons. The van der Waals surface area contributed by atoms with Crippen molar-refractivity contribution in [2.75, 3.05) is 6.54 Å². The van der Waals surface area contributed by atoms with Crippen LogP contribution >= 0.6 is 23.2 Å². The molecule has 2 aromatic rings. The van der Waals surface area contributed by atoms with Gasteiger partial charge in [0.25, 0.3) is 5.91 Å². The molecule has 0 saturated carbocycles. The number of alkyl halides is 1. The first-order valence-corrected chi connectivity index (χ1v) is 7.69. The van der Waals surface area contributed by atoms with E-state index in [1.165, 1.54) is 0 Å². The topological polar surface area (TPSA) is 29.1 Å². The fourth-order valence-corrected chi connectivity index (χ4v) is 2.99. The van der Waals surface area contributed by atoms with E-state index in [-0.39, 0.29) is 11.3 Å². The Morgan fingerprint density at radius 3 is 2.62 bits per heavy atom. The Bertz CT molecular complexity index is 712. The highest BCUT2D eigenvalue weighted by Crippen LogP contribution is 2.32. The molecule has 0 saturated heterocycles. The molecule has 2 nitrogen and oxygen atoms in total. The lowest BCUT2D eigenvalue weighted by atomic mass is 9.94. The average Bonchev–Trinajstić information content (AvgIpc) is 2.49. The maximum absolute atomic E-state index is 11.9. The van der Waals surface area contributed by atoms with E-state index in [2.05, 4.69) is 5.32 Å². The van der Waals surface area contributed by atoms with Crippen LogP contribution in [-0.4, -0.2) is 12.5 Å². The first kappa shape index (κ1) is 14.4. The van der Waals surface area contributed by atoms with Crippen molar-refractivity contribution in [2.45, 2.75) is 18.7 Å². The minimum atomic E-state index is -0.291. The van der Waals surface area contributed by atoms with Crippen LogP contribution in [-0.2, 0) is 6.42 Å². The smallest absolute Gasteiger partial charge is 0.251 e. The third-order valence-electron chi connectivity index (χ3n) is 3.83. The molecule has 0 spiro atoms. The summed E-state index contributed by atoms with van der Waals surface area (Å²) in [5.74, 6) is -0.0192. The summed E-state index contributed by atoms with van der Waals surface area (Å²) in [6.45, 7) is 2.65. The summed E-state index contributed by atoms with van der Waals surface area (Å²) in [5, 5.41) is 3.30. The van der Waals surface area contributed by atoms with Gasteiger partial charge in [-0.1, -0.05) is 35.9 Å². The predicted octanol–water partition coefficient (Wildman–Crippen LogP) is 4.26. The average molecular weight is 320 g/mol. The van der Waals surface area contributed by atoms with Crippen molar-refractivity contribution in [1.29, 1.82) is 0 Å². The number of hydrogen-bond donors (Lipinski definition) is 1. The van der Waals surface area contributed by atoms with Gasteiger partial charge in [0.15, 0.2) is 0 Å². The van der Waals surface area contributed by atoms with Crippen molar-refractivity contribution >= 4 is 29.1 Å². The fourth-order valence-electron chi connectivity index (χ4n) is 2.61. The second-order valence-electron chi connectivity index (χ2n) is 5.29. The van der Waals surface area contributed by atoms with Crippen LogP contribution in [0.15, 0.2) is 36.4 Å². The van der Waals surface area contributed by atoms with Crippen molar-refractivity contribution in [1.82, 2.24) is 5.32 Å². The van der Waals surface area contributed by atoms with Gasteiger partial charge in [-0.15, -0.1) is 11.6 Å². The molecule has 108 valence electrons. The van der Waals surface area contributed by atoms with Crippen LogP contribution in [0.1, 0.15) is 38.0 Å². The summed E-state index contributed by atoms with van der Waals surface area (Å²) in [6, 6.07) is 11.7. The molecule has 1 unspecified atom stereocenters. The van der Waals surface area contributed by atoms with Gasteiger partial charge in [-0.05, 0) is 47.7 Å². The Hall–Kier alpha value is -1.51. The molecule has 1 N–H and O–H groups in total. The van der Waals surface area contributed by atoms with Crippen molar-refractivity contribution in [3.05, 3.63) is 69.2 Å². The summed E-state index contributed by atoms with van der Waals surface area (Å²) in [4.78, 5) is 11.9. The quantitative estimate of drug-likeness (QED) is 0.823. The van der Waals surface area contributed by atoms with Crippen LogP contribution < -0.4 is 5.32 Å². The first-order chi connectivity index (χ1) is 10.1. The number of hydrogen-bond acceptors (Lipinski definition) is 1. The van der Waals surface area contributed by atoms with Crippen molar-refractivity contribution in [3.63, 3.8) is 0 Å². The Morgan fingerprint density at radius 2 is 1.86 bits per heavy atom. The fraction of sp³-hybridized carbons (Fsp3) is 0.235.